The zero-order valence-corrected chi connectivity index (χ0v) is 54.6. The van der Waals surface area contributed by atoms with Crippen LogP contribution in [0.5, 0.6) is 23.0 Å². The van der Waals surface area contributed by atoms with Crippen LogP contribution in [0.4, 0.5) is 0 Å². The molecule has 0 aliphatic carbocycles. The van der Waals surface area contributed by atoms with Gasteiger partial charge in [-0.05, 0) is 251 Å². The lowest BCUT2D eigenvalue weighted by molar-refractivity contribution is 0.486. The highest BCUT2D eigenvalue weighted by atomic mass is 16.5. The Labute approximate surface area is 585 Å². The zero-order valence-electron chi connectivity index (χ0n) is 54.6. The molecule has 0 bridgehead atoms. The van der Waals surface area contributed by atoms with E-state index in [9.17, 15) is 10.5 Å². The van der Waals surface area contributed by atoms with Crippen LogP contribution in [0.3, 0.4) is 0 Å². The van der Waals surface area contributed by atoms with Gasteiger partial charge in [0.25, 0.3) is 0 Å². The molecule has 0 atom stereocenters. The Balaban J connectivity index is 0.000000133. The third-order valence-electron chi connectivity index (χ3n) is 21.3. The van der Waals surface area contributed by atoms with Gasteiger partial charge in [0.1, 0.15) is 23.0 Å². The van der Waals surface area contributed by atoms with Crippen molar-refractivity contribution in [1.82, 2.24) is 9.97 Å². The third kappa shape index (κ3) is 8.91. The van der Waals surface area contributed by atoms with Crippen molar-refractivity contribution in [1.29, 1.82) is 10.5 Å². The van der Waals surface area contributed by atoms with Gasteiger partial charge in [0.05, 0.1) is 34.7 Å². The lowest BCUT2D eigenvalue weighted by Gasteiger charge is -2.22. The number of nitrogens with zero attached hydrogens (tertiary/aromatic N) is 4. The molecule has 2 aromatic heterocycles. The van der Waals surface area contributed by atoms with E-state index in [1.165, 1.54) is 108 Å². The number of aromatic nitrogens is 2. The molecule has 6 heteroatoms. The first kappa shape index (κ1) is 57.1. The highest BCUT2D eigenvalue weighted by molar-refractivity contribution is 6.26. The SMILES string of the molecule is N#Cc1ccc2c(c1)Oc1cccc3c(-c4ccc(-c5cc6ccc7cc(-c8cccc9ccccc89)cc8ccc(c5)c6c78)nc4)ccc-2c13.N#Cc1ccc2c(c1)Oc1cccc3c(-c4ccc(-c5cc6ccc7cc(-c8cccc9ccccc89)cc8ccc(c5)c6c78)nc4)ccc-2c13. The third-order valence-corrected chi connectivity index (χ3v) is 21.3. The molecular formula is C96H52N4O2. The van der Waals surface area contributed by atoms with Gasteiger partial charge >= 0.3 is 0 Å². The molecule has 18 aromatic carbocycles. The lowest BCUT2D eigenvalue weighted by atomic mass is 9.89. The lowest BCUT2D eigenvalue weighted by Crippen LogP contribution is -1.98. The van der Waals surface area contributed by atoms with Gasteiger partial charge in [-0.2, -0.15) is 10.5 Å². The van der Waals surface area contributed by atoms with Gasteiger partial charge < -0.3 is 9.47 Å². The summed E-state index contributed by atoms with van der Waals surface area (Å²) in [5, 5.41) is 43.4. The van der Waals surface area contributed by atoms with E-state index in [0.717, 1.165) is 100 Å². The van der Waals surface area contributed by atoms with Crippen molar-refractivity contribution in [3.63, 3.8) is 0 Å². The summed E-state index contributed by atoms with van der Waals surface area (Å²) in [6, 6.07) is 112. The van der Waals surface area contributed by atoms with Crippen molar-refractivity contribution < 1.29 is 9.47 Å². The van der Waals surface area contributed by atoms with Gasteiger partial charge in [-0.1, -0.05) is 194 Å². The monoisotopic (exact) mass is 1290 g/mol. The topological polar surface area (TPSA) is 91.8 Å². The van der Waals surface area contributed by atoms with Crippen LogP contribution in [-0.2, 0) is 0 Å². The molecule has 0 spiro atoms. The molecular weight excluding hydrogens is 1240 g/mol. The van der Waals surface area contributed by atoms with E-state index >= 15 is 0 Å². The van der Waals surface area contributed by atoms with Crippen LogP contribution >= 0.6 is 0 Å². The maximum atomic E-state index is 9.41. The maximum Gasteiger partial charge on any atom is 0.136 e. The van der Waals surface area contributed by atoms with E-state index in [-0.39, 0.29) is 0 Å². The number of hydrogen-bond donors (Lipinski definition) is 0. The summed E-state index contributed by atoms with van der Waals surface area (Å²) < 4.78 is 12.6. The number of pyridine rings is 2. The molecule has 0 radical (unpaired) electrons. The standard InChI is InChI=1S/2C48H26N2O/c2*49-26-28-11-17-40-42-19-18-39(41-9-4-10-44(48(41)42)51-45(40)21-28)34-16-20-43(50-27-34)36-24-32-14-12-30-22-35(23-31-13-15-33(25-36)47(32)46(30)31)38-8-3-6-29-5-1-2-7-37(29)38/h2*1-25,27H. The summed E-state index contributed by atoms with van der Waals surface area (Å²) in [5.41, 5.74) is 18.8. The van der Waals surface area contributed by atoms with Crippen LogP contribution in [0.25, 0.3) is 197 Å². The molecule has 6 nitrogen and oxygen atoms in total. The predicted octanol–water partition coefficient (Wildman–Crippen LogP) is 25.9. The summed E-state index contributed by atoms with van der Waals surface area (Å²) in [6.07, 6.45) is 3.96. The first-order valence-electron chi connectivity index (χ1n) is 34.3. The quantitative estimate of drug-likeness (QED) is 0.154. The molecule has 0 unspecified atom stereocenters. The van der Waals surface area contributed by atoms with Crippen molar-refractivity contribution >= 4 is 108 Å². The zero-order chi connectivity index (χ0) is 67.3. The van der Waals surface area contributed by atoms with E-state index in [2.05, 4.69) is 255 Å². The molecule has 2 aliphatic rings. The van der Waals surface area contributed by atoms with Crippen LogP contribution in [0.2, 0.25) is 0 Å². The molecule has 20 aromatic rings. The maximum absolute atomic E-state index is 9.41. The first-order chi connectivity index (χ1) is 50.4. The Bertz CT molecular complexity index is 6510. The van der Waals surface area contributed by atoms with Crippen molar-refractivity contribution in [2.24, 2.45) is 0 Å². The number of ether oxygens (including phenoxy) is 2. The Morgan fingerprint density at radius 2 is 0.539 bits per heavy atom. The molecule has 0 saturated heterocycles. The number of hydrogen-bond acceptors (Lipinski definition) is 6. The van der Waals surface area contributed by atoms with Gasteiger partial charge in [0, 0.05) is 56.5 Å². The number of nitriles is 2. The second-order valence-corrected chi connectivity index (χ2v) is 26.9. The van der Waals surface area contributed by atoms with E-state index in [1.54, 1.807) is 0 Å². The van der Waals surface area contributed by atoms with Crippen LogP contribution in [0.1, 0.15) is 11.1 Å². The van der Waals surface area contributed by atoms with Crippen LogP contribution in [-0.4, -0.2) is 9.97 Å². The first-order valence-corrected chi connectivity index (χ1v) is 34.3. The van der Waals surface area contributed by atoms with Gasteiger partial charge in [0.2, 0.25) is 0 Å². The minimum absolute atomic E-state index is 0.586. The number of rotatable bonds is 6. The van der Waals surface area contributed by atoms with Gasteiger partial charge in [-0.25, -0.2) is 0 Å². The highest BCUT2D eigenvalue weighted by Gasteiger charge is 2.25. The Hall–Kier alpha value is -14.0. The summed E-state index contributed by atoms with van der Waals surface area (Å²) in [7, 11) is 0. The average molecular weight is 1290 g/mol. The summed E-state index contributed by atoms with van der Waals surface area (Å²) in [6.45, 7) is 0. The van der Waals surface area contributed by atoms with E-state index in [1.807, 2.05) is 73.1 Å². The molecule has 0 fully saturated rings. The molecule has 4 heterocycles. The highest BCUT2D eigenvalue weighted by Crippen LogP contribution is 2.52. The van der Waals surface area contributed by atoms with Crippen molar-refractivity contribution in [3.8, 4) is 124 Å². The van der Waals surface area contributed by atoms with Gasteiger partial charge in [0.15, 0.2) is 0 Å². The Morgan fingerprint density at radius 1 is 0.216 bits per heavy atom. The van der Waals surface area contributed by atoms with Crippen LogP contribution < -0.4 is 9.47 Å². The fraction of sp³-hybridized carbons (Fsp3) is 0. The molecule has 0 amide bonds. The smallest absolute Gasteiger partial charge is 0.136 e. The van der Waals surface area contributed by atoms with Crippen molar-refractivity contribution in [2.75, 3.05) is 0 Å². The molecule has 0 N–H and O–H groups in total. The van der Waals surface area contributed by atoms with Crippen LogP contribution in [0.15, 0.2) is 316 Å². The molecule has 2 aliphatic heterocycles. The fourth-order valence-electron chi connectivity index (χ4n) is 16.6. The van der Waals surface area contributed by atoms with Gasteiger partial charge in [-0.3, -0.25) is 9.97 Å². The predicted molar refractivity (Wildman–Crippen MR) is 419 cm³/mol. The average Bonchev–Trinajstić information content (AvgIpc) is 0.810. The summed E-state index contributed by atoms with van der Waals surface area (Å²) in [4.78, 5) is 10.0. The molecule has 102 heavy (non-hydrogen) atoms. The van der Waals surface area contributed by atoms with Crippen molar-refractivity contribution in [2.45, 2.75) is 0 Å². The van der Waals surface area contributed by atoms with E-state index in [0.29, 0.717) is 22.6 Å². The number of benzene rings is 18. The number of fused-ring (bicyclic) bond motifs is 6. The fourth-order valence-corrected chi connectivity index (χ4v) is 16.6. The minimum Gasteiger partial charge on any atom is -0.456 e. The normalized spacial score (nSPS) is 12.1. The minimum atomic E-state index is 0.586. The Morgan fingerprint density at radius 3 is 0.912 bits per heavy atom. The summed E-state index contributed by atoms with van der Waals surface area (Å²) >= 11 is 0. The summed E-state index contributed by atoms with van der Waals surface area (Å²) in [5.74, 6) is 3.03. The van der Waals surface area contributed by atoms with Gasteiger partial charge in [-0.15, -0.1) is 0 Å². The second-order valence-electron chi connectivity index (χ2n) is 26.9. The van der Waals surface area contributed by atoms with E-state index in [4.69, 9.17) is 19.4 Å². The largest absolute Gasteiger partial charge is 0.456 e. The van der Waals surface area contributed by atoms with Crippen molar-refractivity contribution in [3.05, 3.63) is 327 Å². The second kappa shape index (κ2) is 22.2. The Kier molecular flexibility index (Phi) is 12.4. The van der Waals surface area contributed by atoms with E-state index < -0.39 is 0 Å². The molecule has 22 rings (SSSR count). The molecule has 0 saturated carbocycles. The molecule has 468 valence electrons. The van der Waals surface area contributed by atoms with Crippen LogP contribution in [0, 0.1) is 22.7 Å².